The molecule has 1 aromatic heterocycles. The molecule has 0 unspecified atom stereocenters. The zero-order chi connectivity index (χ0) is 8.97. The van der Waals surface area contributed by atoms with Crippen LogP contribution in [0.1, 0.15) is 5.69 Å². The van der Waals surface area contributed by atoms with Crippen LogP contribution in [0.4, 0.5) is 11.6 Å². The predicted molar refractivity (Wildman–Crippen MR) is 47.0 cm³/mol. The molecule has 0 aliphatic rings. The maximum absolute atomic E-state index is 8.46. The molecule has 0 atom stereocenters. The molecule has 1 heterocycles. The third-order valence-corrected chi connectivity index (χ3v) is 1.24. The highest BCUT2D eigenvalue weighted by atomic mass is 16.2. The van der Waals surface area contributed by atoms with Gasteiger partial charge in [0.2, 0.25) is 0 Å². The van der Waals surface area contributed by atoms with Crippen molar-refractivity contribution in [3.05, 3.63) is 18.0 Å². The third-order valence-electron chi connectivity index (χ3n) is 1.24. The summed E-state index contributed by atoms with van der Waals surface area (Å²) in [4.78, 5) is 7.69. The second-order valence-electron chi connectivity index (χ2n) is 2.15. The number of rotatable bonds is 2. The van der Waals surface area contributed by atoms with Crippen molar-refractivity contribution >= 4 is 17.7 Å². The lowest BCUT2D eigenvalue weighted by atomic mass is 10.4. The second-order valence-corrected chi connectivity index (χ2v) is 2.15. The molecular formula is C7H10N4O. The standard InChI is InChI=1S/C7H10N4O/c8-6-7(9)11-5(4-10-6)2-1-3-12/h1-2,4,12H,3H2,(H2,8,10)(H2,9,11). The molecule has 64 valence electrons. The van der Waals surface area contributed by atoms with Crippen LogP contribution in [0.5, 0.6) is 0 Å². The zero-order valence-corrected chi connectivity index (χ0v) is 6.44. The van der Waals surface area contributed by atoms with E-state index in [0.717, 1.165) is 0 Å². The maximum atomic E-state index is 8.46. The Morgan fingerprint density at radius 2 is 2.17 bits per heavy atom. The number of aliphatic hydroxyl groups is 1. The summed E-state index contributed by atoms with van der Waals surface area (Å²) in [7, 11) is 0. The molecule has 0 spiro atoms. The number of anilines is 2. The quantitative estimate of drug-likeness (QED) is 0.557. The summed E-state index contributed by atoms with van der Waals surface area (Å²) in [6.07, 6.45) is 4.64. The van der Waals surface area contributed by atoms with Gasteiger partial charge in [-0.25, -0.2) is 9.97 Å². The Hall–Kier alpha value is -1.62. The minimum absolute atomic E-state index is 0.0358. The van der Waals surface area contributed by atoms with Gasteiger partial charge in [-0.1, -0.05) is 6.08 Å². The first-order valence-corrected chi connectivity index (χ1v) is 3.39. The molecule has 12 heavy (non-hydrogen) atoms. The van der Waals surface area contributed by atoms with Crippen molar-refractivity contribution in [2.75, 3.05) is 18.1 Å². The molecule has 1 aromatic rings. The summed E-state index contributed by atoms with van der Waals surface area (Å²) in [5, 5.41) is 8.46. The second kappa shape index (κ2) is 3.68. The van der Waals surface area contributed by atoms with Crippen molar-refractivity contribution < 1.29 is 5.11 Å². The average molecular weight is 166 g/mol. The summed E-state index contributed by atoms with van der Waals surface area (Å²) in [6.45, 7) is -0.0358. The van der Waals surface area contributed by atoms with Gasteiger partial charge in [0.15, 0.2) is 11.6 Å². The van der Waals surface area contributed by atoms with Crippen molar-refractivity contribution in [3.8, 4) is 0 Å². The third kappa shape index (κ3) is 1.93. The van der Waals surface area contributed by atoms with E-state index in [1.165, 1.54) is 6.20 Å². The Morgan fingerprint density at radius 1 is 1.42 bits per heavy atom. The minimum Gasteiger partial charge on any atom is -0.392 e. The van der Waals surface area contributed by atoms with Gasteiger partial charge in [-0.05, 0) is 6.08 Å². The molecule has 0 radical (unpaired) electrons. The number of nitrogen functional groups attached to an aromatic ring is 2. The van der Waals surface area contributed by atoms with E-state index in [0.29, 0.717) is 5.69 Å². The van der Waals surface area contributed by atoms with E-state index in [4.69, 9.17) is 16.6 Å². The van der Waals surface area contributed by atoms with Gasteiger partial charge in [0.1, 0.15) is 0 Å². The van der Waals surface area contributed by atoms with E-state index in [2.05, 4.69) is 9.97 Å². The number of aromatic nitrogens is 2. The monoisotopic (exact) mass is 166 g/mol. The molecule has 0 bridgehead atoms. The number of nitrogens with zero attached hydrogens (tertiary/aromatic N) is 2. The highest BCUT2D eigenvalue weighted by Crippen LogP contribution is 2.07. The number of hydrogen-bond acceptors (Lipinski definition) is 5. The maximum Gasteiger partial charge on any atom is 0.166 e. The van der Waals surface area contributed by atoms with E-state index >= 15 is 0 Å². The molecule has 0 aromatic carbocycles. The lowest BCUT2D eigenvalue weighted by Crippen LogP contribution is -2.01. The van der Waals surface area contributed by atoms with Gasteiger partial charge in [-0.3, -0.25) is 0 Å². The number of hydrogen-bond donors (Lipinski definition) is 3. The van der Waals surface area contributed by atoms with Gasteiger partial charge in [0.05, 0.1) is 18.5 Å². The normalized spacial score (nSPS) is 10.8. The van der Waals surface area contributed by atoms with E-state index in [-0.39, 0.29) is 18.2 Å². The fourth-order valence-electron chi connectivity index (χ4n) is 0.681. The Bertz CT molecular complexity index is 297. The summed E-state index contributed by atoms with van der Waals surface area (Å²) in [5.74, 6) is 0.422. The molecule has 0 saturated carbocycles. The first-order valence-electron chi connectivity index (χ1n) is 3.39. The first kappa shape index (κ1) is 8.48. The first-order chi connectivity index (χ1) is 5.74. The molecule has 0 saturated heterocycles. The van der Waals surface area contributed by atoms with Gasteiger partial charge in [-0.2, -0.15) is 0 Å². The van der Waals surface area contributed by atoms with Crippen LogP contribution in [-0.2, 0) is 0 Å². The molecule has 5 nitrogen and oxygen atoms in total. The van der Waals surface area contributed by atoms with Gasteiger partial charge >= 0.3 is 0 Å². The predicted octanol–water partition coefficient (Wildman–Crippen LogP) is -0.354. The van der Waals surface area contributed by atoms with E-state index in [9.17, 15) is 0 Å². The minimum atomic E-state index is -0.0358. The van der Waals surface area contributed by atoms with Crippen molar-refractivity contribution in [2.45, 2.75) is 0 Å². The van der Waals surface area contributed by atoms with Crippen molar-refractivity contribution in [1.29, 1.82) is 0 Å². The van der Waals surface area contributed by atoms with Crippen LogP contribution in [0, 0.1) is 0 Å². The number of aliphatic hydroxyl groups excluding tert-OH is 1. The van der Waals surface area contributed by atoms with Crippen molar-refractivity contribution in [2.24, 2.45) is 0 Å². The number of nitrogens with two attached hydrogens (primary N) is 2. The molecule has 5 N–H and O–H groups in total. The van der Waals surface area contributed by atoms with Crippen LogP contribution in [0.3, 0.4) is 0 Å². The SMILES string of the molecule is Nc1ncc(C=CCO)nc1N. The zero-order valence-electron chi connectivity index (χ0n) is 6.44. The van der Waals surface area contributed by atoms with Crippen LogP contribution < -0.4 is 11.5 Å². The van der Waals surface area contributed by atoms with Crippen LogP contribution in [0.25, 0.3) is 6.08 Å². The summed E-state index contributed by atoms with van der Waals surface area (Å²) >= 11 is 0. The highest BCUT2D eigenvalue weighted by Gasteiger charge is 1.96. The van der Waals surface area contributed by atoms with Gasteiger partial charge < -0.3 is 16.6 Å². The molecule has 0 fully saturated rings. The van der Waals surface area contributed by atoms with E-state index in [1.54, 1.807) is 12.2 Å². The largest absolute Gasteiger partial charge is 0.392 e. The molecule has 5 heteroatoms. The lowest BCUT2D eigenvalue weighted by molar-refractivity contribution is 0.343. The average Bonchev–Trinajstić information content (AvgIpc) is 2.07. The summed E-state index contributed by atoms with van der Waals surface area (Å²) in [6, 6.07) is 0. The Morgan fingerprint density at radius 3 is 2.75 bits per heavy atom. The summed E-state index contributed by atoms with van der Waals surface area (Å²) in [5.41, 5.74) is 11.3. The molecule has 1 rings (SSSR count). The van der Waals surface area contributed by atoms with Crippen LogP contribution in [0.2, 0.25) is 0 Å². The van der Waals surface area contributed by atoms with Crippen LogP contribution >= 0.6 is 0 Å². The topological polar surface area (TPSA) is 98.0 Å². The fourth-order valence-corrected chi connectivity index (χ4v) is 0.681. The Balaban J connectivity index is 2.89. The fraction of sp³-hybridized carbons (Fsp3) is 0.143. The molecular weight excluding hydrogens is 156 g/mol. The molecule has 0 aliphatic carbocycles. The van der Waals surface area contributed by atoms with E-state index < -0.39 is 0 Å². The molecule has 0 aliphatic heterocycles. The smallest absolute Gasteiger partial charge is 0.166 e. The lowest BCUT2D eigenvalue weighted by Gasteiger charge is -1.97. The van der Waals surface area contributed by atoms with Crippen molar-refractivity contribution in [3.63, 3.8) is 0 Å². The summed E-state index contributed by atoms with van der Waals surface area (Å²) < 4.78 is 0. The van der Waals surface area contributed by atoms with Crippen molar-refractivity contribution in [1.82, 2.24) is 9.97 Å². The van der Waals surface area contributed by atoms with Gasteiger partial charge in [0, 0.05) is 0 Å². The van der Waals surface area contributed by atoms with Gasteiger partial charge in [0.25, 0.3) is 0 Å². The Kier molecular flexibility index (Phi) is 2.60. The molecule has 0 amide bonds. The Labute approximate surface area is 69.7 Å². The van der Waals surface area contributed by atoms with Crippen LogP contribution in [0.15, 0.2) is 12.3 Å². The van der Waals surface area contributed by atoms with E-state index in [1.807, 2.05) is 0 Å². The van der Waals surface area contributed by atoms with Crippen LogP contribution in [-0.4, -0.2) is 21.7 Å². The highest BCUT2D eigenvalue weighted by molar-refractivity contribution is 5.55. The van der Waals surface area contributed by atoms with Gasteiger partial charge in [-0.15, -0.1) is 0 Å².